The summed E-state index contributed by atoms with van der Waals surface area (Å²) in [5.41, 5.74) is -3.33. The summed E-state index contributed by atoms with van der Waals surface area (Å²) < 4.78 is 36.1. The summed E-state index contributed by atoms with van der Waals surface area (Å²) in [6.07, 6.45) is -3.69. The van der Waals surface area contributed by atoms with E-state index in [9.17, 15) is 18.3 Å². The maximum atomic E-state index is 12.8. The molecule has 1 aliphatic heterocycles. The summed E-state index contributed by atoms with van der Waals surface area (Å²) in [5, 5.41) is 14.7. The lowest BCUT2D eigenvalue weighted by Gasteiger charge is -2.36. The smallest absolute Gasteiger partial charge is 0.365 e. The number of halogens is 6. The maximum Gasteiger partial charge on any atom is 0.433 e. The average molecular weight is 364 g/mol. The van der Waals surface area contributed by atoms with E-state index in [1.807, 2.05) is 0 Å². The maximum absolute atomic E-state index is 12.8. The Kier molecular flexibility index (Phi) is 4.03. The Labute approximate surface area is 132 Å². The van der Waals surface area contributed by atoms with Gasteiger partial charge in [0.25, 0.3) is 0 Å². The van der Waals surface area contributed by atoms with Crippen LogP contribution in [0.4, 0.5) is 19.1 Å². The first kappa shape index (κ1) is 16.5. The molecule has 0 aromatic carbocycles. The number of aromatic nitrogens is 2. The van der Waals surface area contributed by atoms with Crippen LogP contribution in [0.15, 0.2) is 11.2 Å². The molecule has 5 nitrogen and oxygen atoms in total. The van der Waals surface area contributed by atoms with Gasteiger partial charge in [0, 0.05) is 18.3 Å². The first-order valence-corrected chi connectivity index (χ1v) is 6.63. The molecule has 2 heterocycles. The molecule has 1 aliphatic rings. The second-order valence-electron chi connectivity index (χ2n) is 4.32. The number of alkyl halides is 6. The van der Waals surface area contributed by atoms with Gasteiger partial charge < -0.3 is 5.11 Å². The first-order chi connectivity index (χ1) is 9.45. The van der Waals surface area contributed by atoms with Gasteiger partial charge in [0.15, 0.2) is 0 Å². The second kappa shape index (κ2) is 5.12. The molecular formula is C10H8Cl3F3N4O. The number of hydrogen-bond acceptors (Lipinski definition) is 5. The van der Waals surface area contributed by atoms with Crippen LogP contribution < -0.4 is 5.01 Å². The van der Waals surface area contributed by atoms with Crippen LogP contribution in [0.1, 0.15) is 17.8 Å². The van der Waals surface area contributed by atoms with E-state index in [-0.39, 0.29) is 12.1 Å². The number of rotatable bonds is 1. The SMILES string of the molecule is Cc1cc(C(F)(F)F)nc(N2N=CCC2(O)C(Cl)(Cl)Cl)n1. The van der Waals surface area contributed by atoms with E-state index in [0.29, 0.717) is 5.01 Å². The molecule has 116 valence electrons. The van der Waals surface area contributed by atoms with Gasteiger partial charge in [-0.3, -0.25) is 0 Å². The Hall–Kier alpha value is -0.830. The third-order valence-corrected chi connectivity index (χ3v) is 3.61. The standard InChI is InChI=1S/C10H8Cl3F3N4O/c1-5-4-6(9(14,15)16)19-7(18-5)20-8(21,2-3-17-20)10(11,12)13/h3-4,21H,2H2,1H3. The molecule has 0 saturated carbocycles. The summed E-state index contributed by atoms with van der Waals surface area (Å²) in [7, 11) is 0. The quantitative estimate of drug-likeness (QED) is 0.779. The van der Waals surface area contributed by atoms with Crippen molar-refractivity contribution in [1.82, 2.24) is 9.97 Å². The predicted octanol–water partition coefficient (Wildman–Crippen LogP) is 3.06. The number of hydrazone groups is 1. The summed E-state index contributed by atoms with van der Waals surface area (Å²) in [6, 6.07) is 0.762. The molecule has 2 rings (SSSR count). The molecule has 21 heavy (non-hydrogen) atoms. The van der Waals surface area contributed by atoms with E-state index in [0.717, 1.165) is 6.07 Å². The zero-order chi connectivity index (χ0) is 16.1. The number of anilines is 1. The molecule has 1 aromatic rings. The monoisotopic (exact) mass is 362 g/mol. The average Bonchev–Trinajstić information content (AvgIpc) is 2.70. The van der Waals surface area contributed by atoms with Gasteiger partial charge in [-0.05, 0) is 13.0 Å². The Balaban J connectivity index is 2.52. The van der Waals surface area contributed by atoms with Gasteiger partial charge >= 0.3 is 6.18 Å². The van der Waals surface area contributed by atoms with Crippen LogP contribution in [0.25, 0.3) is 0 Å². The Morgan fingerprint density at radius 1 is 1.29 bits per heavy atom. The normalized spacial score (nSPS) is 23.0. The van der Waals surface area contributed by atoms with Crippen LogP contribution in [0.3, 0.4) is 0 Å². The van der Waals surface area contributed by atoms with Crippen molar-refractivity contribution in [3.63, 3.8) is 0 Å². The van der Waals surface area contributed by atoms with Crippen molar-refractivity contribution in [3.8, 4) is 0 Å². The zero-order valence-electron chi connectivity index (χ0n) is 10.4. The highest BCUT2D eigenvalue weighted by molar-refractivity contribution is 6.68. The zero-order valence-corrected chi connectivity index (χ0v) is 12.6. The van der Waals surface area contributed by atoms with Crippen molar-refractivity contribution in [2.45, 2.75) is 29.0 Å². The van der Waals surface area contributed by atoms with E-state index in [2.05, 4.69) is 15.1 Å². The van der Waals surface area contributed by atoms with Crippen molar-refractivity contribution in [2.75, 3.05) is 5.01 Å². The highest BCUT2D eigenvalue weighted by atomic mass is 35.6. The lowest BCUT2D eigenvalue weighted by atomic mass is 10.2. The van der Waals surface area contributed by atoms with E-state index < -0.39 is 27.3 Å². The largest absolute Gasteiger partial charge is 0.433 e. The Bertz CT molecular complexity index is 590. The highest BCUT2D eigenvalue weighted by Crippen LogP contribution is 2.45. The van der Waals surface area contributed by atoms with Crippen LogP contribution in [0, 0.1) is 6.92 Å². The number of nitrogens with zero attached hydrogens (tertiary/aromatic N) is 4. The molecule has 0 amide bonds. The highest BCUT2D eigenvalue weighted by Gasteiger charge is 2.55. The molecular weight excluding hydrogens is 355 g/mol. The molecule has 11 heteroatoms. The van der Waals surface area contributed by atoms with Crippen molar-refractivity contribution < 1.29 is 18.3 Å². The predicted molar refractivity (Wildman–Crippen MR) is 72.6 cm³/mol. The van der Waals surface area contributed by atoms with Crippen LogP contribution in [0.5, 0.6) is 0 Å². The summed E-state index contributed by atoms with van der Waals surface area (Å²) in [6.45, 7) is 1.34. The van der Waals surface area contributed by atoms with Gasteiger partial charge in [-0.15, -0.1) is 0 Å². The second-order valence-corrected chi connectivity index (χ2v) is 6.60. The topological polar surface area (TPSA) is 61.6 Å². The third-order valence-electron chi connectivity index (χ3n) is 2.70. The molecule has 0 aliphatic carbocycles. The minimum atomic E-state index is -4.68. The lowest BCUT2D eigenvalue weighted by molar-refractivity contribution is -0.141. The third kappa shape index (κ3) is 3.03. The van der Waals surface area contributed by atoms with Gasteiger partial charge in [0.2, 0.25) is 15.5 Å². The minimum Gasteiger partial charge on any atom is -0.365 e. The fraction of sp³-hybridized carbons (Fsp3) is 0.500. The van der Waals surface area contributed by atoms with Crippen LogP contribution in [-0.2, 0) is 6.18 Å². The molecule has 1 aromatic heterocycles. The molecule has 0 bridgehead atoms. The van der Waals surface area contributed by atoms with Gasteiger partial charge in [0.05, 0.1) is 0 Å². The van der Waals surface area contributed by atoms with Crippen molar-refractivity contribution in [1.29, 1.82) is 0 Å². The fourth-order valence-corrected chi connectivity index (χ4v) is 2.15. The van der Waals surface area contributed by atoms with Crippen molar-refractivity contribution >= 4 is 47.0 Å². The lowest BCUT2D eigenvalue weighted by Crippen LogP contribution is -2.53. The van der Waals surface area contributed by atoms with Crippen molar-refractivity contribution in [3.05, 3.63) is 17.5 Å². The van der Waals surface area contributed by atoms with Crippen LogP contribution in [0.2, 0.25) is 0 Å². The van der Waals surface area contributed by atoms with Gasteiger partial charge in [-0.25, -0.2) is 9.97 Å². The van der Waals surface area contributed by atoms with Gasteiger partial charge in [-0.2, -0.15) is 23.3 Å². The minimum absolute atomic E-state index is 0.0288. The molecule has 0 fully saturated rings. The summed E-state index contributed by atoms with van der Waals surface area (Å²) in [4.78, 5) is 7.14. The molecule has 0 radical (unpaired) electrons. The van der Waals surface area contributed by atoms with E-state index in [1.165, 1.54) is 13.1 Å². The Morgan fingerprint density at radius 2 is 1.90 bits per heavy atom. The van der Waals surface area contributed by atoms with Gasteiger partial charge in [-0.1, -0.05) is 34.8 Å². The molecule has 1 unspecified atom stereocenters. The fourth-order valence-electron chi connectivity index (χ4n) is 1.68. The number of aliphatic hydroxyl groups is 1. The van der Waals surface area contributed by atoms with E-state index in [4.69, 9.17) is 34.8 Å². The van der Waals surface area contributed by atoms with Crippen LogP contribution >= 0.6 is 34.8 Å². The Morgan fingerprint density at radius 3 is 2.43 bits per heavy atom. The molecule has 0 saturated heterocycles. The number of hydrogen-bond donors (Lipinski definition) is 1. The van der Waals surface area contributed by atoms with Crippen LogP contribution in [-0.4, -0.2) is 30.8 Å². The summed E-state index contributed by atoms with van der Waals surface area (Å²) in [5.74, 6) is -0.509. The van der Waals surface area contributed by atoms with Crippen molar-refractivity contribution in [2.24, 2.45) is 5.10 Å². The molecule has 0 spiro atoms. The first-order valence-electron chi connectivity index (χ1n) is 5.50. The molecule has 1 atom stereocenters. The molecule has 1 N–H and O–H groups in total. The summed E-state index contributed by atoms with van der Waals surface area (Å²) >= 11 is 17.0. The number of aryl methyl sites for hydroxylation is 1. The van der Waals surface area contributed by atoms with E-state index in [1.54, 1.807) is 0 Å². The van der Waals surface area contributed by atoms with E-state index >= 15 is 0 Å². The van der Waals surface area contributed by atoms with Gasteiger partial charge in [0.1, 0.15) is 5.69 Å².